The quantitative estimate of drug-likeness (QED) is 0.545. The molecule has 0 aliphatic carbocycles. The van der Waals surface area contributed by atoms with Gasteiger partial charge in [0.1, 0.15) is 10.3 Å². The Morgan fingerprint density at radius 3 is 2.50 bits per heavy atom. The first-order chi connectivity index (χ1) is 5.74. The van der Waals surface area contributed by atoms with Crippen LogP contribution in [0.3, 0.4) is 0 Å². The van der Waals surface area contributed by atoms with Crippen molar-refractivity contribution >= 4 is 23.2 Å². The highest BCUT2D eigenvalue weighted by molar-refractivity contribution is 6.32. The van der Waals surface area contributed by atoms with Gasteiger partial charge >= 0.3 is 0 Å². The van der Waals surface area contributed by atoms with Crippen molar-refractivity contribution in [2.75, 3.05) is 6.61 Å². The maximum atomic E-state index is 5.72. The molecule has 0 bridgehead atoms. The summed E-state index contributed by atoms with van der Waals surface area (Å²) in [4.78, 5) is 3.85. The predicted octanol–water partition coefficient (Wildman–Crippen LogP) is 2.33. The predicted molar refractivity (Wildman–Crippen MR) is 47.7 cm³/mol. The summed E-state index contributed by atoms with van der Waals surface area (Å²) in [7, 11) is 0. The first-order valence-electron chi connectivity index (χ1n) is 3.67. The molecular formula is C8H7Cl2NO. The molecule has 0 aromatic carbocycles. The van der Waals surface area contributed by atoms with Gasteiger partial charge in [0.25, 0.3) is 0 Å². The van der Waals surface area contributed by atoms with E-state index < -0.39 is 0 Å². The highest BCUT2D eigenvalue weighted by Crippen LogP contribution is 2.20. The lowest BCUT2D eigenvalue weighted by Gasteiger charge is -1.98. The largest absolute Gasteiger partial charge is 0.373 e. The van der Waals surface area contributed by atoms with Gasteiger partial charge in [0.15, 0.2) is 0 Å². The Balaban J connectivity index is 2.18. The van der Waals surface area contributed by atoms with E-state index >= 15 is 0 Å². The number of hydrogen-bond acceptors (Lipinski definition) is 2. The summed E-state index contributed by atoms with van der Waals surface area (Å²) in [5.74, 6) is 0. The van der Waals surface area contributed by atoms with Crippen molar-refractivity contribution < 1.29 is 4.74 Å². The van der Waals surface area contributed by atoms with E-state index in [1.165, 1.54) is 0 Å². The van der Waals surface area contributed by atoms with Crippen molar-refractivity contribution in [1.29, 1.82) is 0 Å². The van der Waals surface area contributed by atoms with Crippen LogP contribution in [0, 0.1) is 0 Å². The smallest absolute Gasteiger partial charge is 0.131 e. The summed E-state index contributed by atoms with van der Waals surface area (Å²) < 4.78 is 5.09. The maximum Gasteiger partial charge on any atom is 0.131 e. The molecule has 0 spiro atoms. The topological polar surface area (TPSA) is 25.4 Å². The van der Waals surface area contributed by atoms with Gasteiger partial charge in [-0.05, 0) is 17.7 Å². The Kier molecular flexibility index (Phi) is 2.22. The number of hydrogen-bond donors (Lipinski definition) is 0. The van der Waals surface area contributed by atoms with Gasteiger partial charge in [-0.25, -0.2) is 4.98 Å². The molecule has 4 heteroatoms. The number of nitrogens with zero attached hydrogens (tertiary/aromatic N) is 1. The van der Waals surface area contributed by atoms with Crippen molar-refractivity contribution in [3.8, 4) is 0 Å². The Hall–Kier alpha value is -0.310. The molecule has 0 saturated carbocycles. The van der Waals surface area contributed by atoms with Gasteiger partial charge in [0.05, 0.1) is 12.7 Å². The zero-order chi connectivity index (χ0) is 8.55. The van der Waals surface area contributed by atoms with Gasteiger partial charge in [0, 0.05) is 6.42 Å². The fourth-order valence-corrected chi connectivity index (χ4v) is 1.59. The SMILES string of the molecule is Clc1cc(CC2CO2)cc(Cl)n1. The maximum absolute atomic E-state index is 5.72. The highest BCUT2D eigenvalue weighted by atomic mass is 35.5. The van der Waals surface area contributed by atoms with Crippen molar-refractivity contribution in [2.45, 2.75) is 12.5 Å². The van der Waals surface area contributed by atoms with Crippen LogP contribution in [0.25, 0.3) is 0 Å². The van der Waals surface area contributed by atoms with Crippen LogP contribution in [-0.2, 0) is 11.2 Å². The Labute approximate surface area is 80.5 Å². The molecule has 1 atom stereocenters. The molecule has 0 amide bonds. The molecule has 0 radical (unpaired) electrons. The Bertz CT molecular complexity index is 279. The molecule has 1 unspecified atom stereocenters. The first-order valence-corrected chi connectivity index (χ1v) is 4.43. The summed E-state index contributed by atoms with van der Waals surface area (Å²) in [6, 6.07) is 3.63. The fraction of sp³-hybridized carbons (Fsp3) is 0.375. The number of epoxide rings is 1. The molecule has 12 heavy (non-hydrogen) atoms. The summed E-state index contributed by atoms with van der Waals surface area (Å²) >= 11 is 11.4. The lowest BCUT2D eigenvalue weighted by Crippen LogP contribution is -1.93. The minimum absolute atomic E-state index is 0.361. The molecule has 2 rings (SSSR count). The van der Waals surface area contributed by atoms with E-state index in [0.29, 0.717) is 16.4 Å². The molecule has 1 aliphatic rings. The molecule has 1 aromatic rings. The highest BCUT2D eigenvalue weighted by Gasteiger charge is 2.22. The van der Waals surface area contributed by atoms with Crippen LogP contribution in [0.4, 0.5) is 0 Å². The molecule has 64 valence electrons. The Morgan fingerprint density at radius 1 is 1.42 bits per heavy atom. The van der Waals surface area contributed by atoms with Gasteiger partial charge in [-0.3, -0.25) is 0 Å². The number of halogens is 2. The molecule has 1 aromatic heterocycles. The normalized spacial score (nSPS) is 21.0. The van der Waals surface area contributed by atoms with Gasteiger partial charge < -0.3 is 4.74 Å². The van der Waals surface area contributed by atoms with E-state index in [2.05, 4.69) is 4.98 Å². The van der Waals surface area contributed by atoms with Crippen LogP contribution >= 0.6 is 23.2 Å². The van der Waals surface area contributed by atoms with Crippen LogP contribution < -0.4 is 0 Å². The second-order valence-corrected chi connectivity index (χ2v) is 3.55. The summed E-state index contributed by atoms with van der Waals surface area (Å²) in [6.45, 7) is 0.845. The van der Waals surface area contributed by atoms with Crippen LogP contribution in [0.15, 0.2) is 12.1 Å². The number of rotatable bonds is 2. The van der Waals surface area contributed by atoms with Gasteiger partial charge in [-0.15, -0.1) is 0 Å². The van der Waals surface area contributed by atoms with Crippen LogP contribution in [0.2, 0.25) is 10.3 Å². The van der Waals surface area contributed by atoms with E-state index in [0.717, 1.165) is 18.6 Å². The van der Waals surface area contributed by atoms with E-state index in [9.17, 15) is 0 Å². The summed E-state index contributed by atoms with van der Waals surface area (Å²) in [5.41, 5.74) is 1.09. The minimum Gasteiger partial charge on any atom is -0.373 e. The van der Waals surface area contributed by atoms with Crippen LogP contribution in [0.1, 0.15) is 5.56 Å². The monoisotopic (exact) mass is 203 g/mol. The zero-order valence-corrected chi connectivity index (χ0v) is 7.77. The lowest BCUT2D eigenvalue weighted by atomic mass is 10.1. The molecule has 2 heterocycles. The molecule has 2 nitrogen and oxygen atoms in total. The third kappa shape index (κ3) is 2.09. The lowest BCUT2D eigenvalue weighted by molar-refractivity contribution is 0.407. The second kappa shape index (κ2) is 3.21. The van der Waals surface area contributed by atoms with E-state index in [1.807, 2.05) is 12.1 Å². The van der Waals surface area contributed by atoms with E-state index in [1.54, 1.807) is 0 Å². The average molecular weight is 204 g/mol. The van der Waals surface area contributed by atoms with E-state index in [-0.39, 0.29) is 0 Å². The first kappa shape index (κ1) is 8.30. The third-order valence-electron chi connectivity index (χ3n) is 1.69. The molecule has 1 fully saturated rings. The number of ether oxygens (including phenoxy) is 1. The van der Waals surface area contributed by atoms with Gasteiger partial charge in [-0.2, -0.15) is 0 Å². The molecule has 1 aliphatic heterocycles. The second-order valence-electron chi connectivity index (χ2n) is 2.78. The average Bonchev–Trinajstić information content (AvgIpc) is 2.68. The van der Waals surface area contributed by atoms with Crippen LogP contribution in [0.5, 0.6) is 0 Å². The van der Waals surface area contributed by atoms with Crippen LogP contribution in [-0.4, -0.2) is 17.7 Å². The number of pyridine rings is 1. The van der Waals surface area contributed by atoms with E-state index in [4.69, 9.17) is 27.9 Å². The third-order valence-corrected chi connectivity index (χ3v) is 2.08. The molecule has 0 N–H and O–H groups in total. The summed E-state index contributed by atoms with van der Waals surface area (Å²) in [5, 5.41) is 0.885. The van der Waals surface area contributed by atoms with Crippen molar-refractivity contribution in [1.82, 2.24) is 4.98 Å². The minimum atomic E-state index is 0.361. The number of aromatic nitrogens is 1. The molecule has 1 saturated heterocycles. The van der Waals surface area contributed by atoms with Crippen molar-refractivity contribution in [2.24, 2.45) is 0 Å². The zero-order valence-electron chi connectivity index (χ0n) is 6.26. The van der Waals surface area contributed by atoms with Crippen molar-refractivity contribution in [3.63, 3.8) is 0 Å². The Morgan fingerprint density at radius 2 is 2.00 bits per heavy atom. The standard InChI is InChI=1S/C8H7Cl2NO/c9-7-2-5(1-6-4-12-6)3-8(10)11-7/h2-3,6H,1,4H2. The van der Waals surface area contributed by atoms with Crippen molar-refractivity contribution in [3.05, 3.63) is 28.0 Å². The summed E-state index contributed by atoms with van der Waals surface area (Å²) in [6.07, 6.45) is 1.24. The van der Waals surface area contributed by atoms with Gasteiger partial charge in [0.2, 0.25) is 0 Å². The van der Waals surface area contributed by atoms with Gasteiger partial charge in [-0.1, -0.05) is 23.2 Å². The molecular weight excluding hydrogens is 197 g/mol. The fourth-order valence-electron chi connectivity index (χ4n) is 1.08.